The number of hydrogen-bond donors (Lipinski definition) is 1. The van der Waals surface area contributed by atoms with Gasteiger partial charge in [0.05, 0.1) is 0 Å². The predicted octanol–water partition coefficient (Wildman–Crippen LogP) is 4.04. The van der Waals surface area contributed by atoms with Gasteiger partial charge in [0.2, 0.25) is 0 Å². The second kappa shape index (κ2) is 5.02. The zero-order valence-corrected chi connectivity index (χ0v) is 11.2. The van der Waals surface area contributed by atoms with Crippen LogP contribution in [0.4, 0.5) is 0 Å². The zero-order chi connectivity index (χ0) is 13.2. The van der Waals surface area contributed by atoms with Crippen LogP contribution in [-0.4, -0.2) is 11.7 Å². The van der Waals surface area contributed by atoms with Gasteiger partial charge in [-0.15, -0.1) is 0 Å². The van der Waals surface area contributed by atoms with Gasteiger partial charge >= 0.3 is 0 Å². The summed E-state index contributed by atoms with van der Waals surface area (Å²) in [4.78, 5) is 0. The van der Waals surface area contributed by atoms with Crippen LogP contribution in [0.25, 0.3) is 16.7 Å². The summed E-state index contributed by atoms with van der Waals surface area (Å²) >= 11 is 0. The molecule has 1 heteroatoms. The normalized spacial score (nSPS) is 13.3. The number of aliphatic hydroxyl groups is 1. The topological polar surface area (TPSA) is 20.2 Å². The molecular formula is C18H18O. The molecule has 96 valence electrons. The first-order valence-electron chi connectivity index (χ1n) is 6.81. The summed E-state index contributed by atoms with van der Waals surface area (Å²) in [6.07, 6.45) is 3.84. The molecule has 1 nitrogen and oxygen atoms in total. The third-order valence-corrected chi connectivity index (χ3v) is 3.89. The summed E-state index contributed by atoms with van der Waals surface area (Å²) in [7, 11) is 0. The monoisotopic (exact) mass is 250 g/mol. The van der Waals surface area contributed by atoms with Crippen molar-refractivity contribution in [2.24, 2.45) is 0 Å². The average Bonchev–Trinajstić information content (AvgIpc) is 2.82. The summed E-state index contributed by atoms with van der Waals surface area (Å²) in [5.41, 5.74) is 8.01. The van der Waals surface area contributed by atoms with Gasteiger partial charge in [0, 0.05) is 6.61 Å². The number of allylic oxidation sites excluding steroid dienone is 1. The van der Waals surface area contributed by atoms with Crippen LogP contribution in [-0.2, 0) is 6.42 Å². The van der Waals surface area contributed by atoms with E-state index in [1.807, 2.05) is 6.92 Å². The predicted molar refractivity (Wildman–Crippen MR) is 80.0 cm³/mol. The standard InChI is InChI=1S/C18H18O/c1-2-13(9-10-19)14-7-8-18-16(11-14)12-15-5-3-4-6-17(15)18/h2-8,11,19H,9-10,12H2,1H3/b13-2+. The van der Waals surface area contributed by atoms with Crippen LogP contribution < -0.4 is 0 Å². The molecule has 0 aliphatic heterocycles. The fraction of sp³-hybridized carbons (Fsp3) is 0.222. The molecule has 0 aromatic heterocycles. The van der Waals surface area contributed by atoms with E-state index in [2.05, 4.69) is 48.5 Å². The molecule has 1 aliphatic carbocycles. The third-order valence-electron chi connectivity index (χ3n) is 3.89. The molecule has 0 heterocycles. The first-order chi connectivity index (χ1) is 9.33. The third kappa shape index (κ3) is 2.11. The smallest absolute Gasteiger partial charge is 0.0471 e. The Labute approximate surface area is 114 Å². The van der Waals surface area contributed by atoms with E-state index in [0.717, 1.165) is 12.8 Å². The maximum absolute atomic E-state index is 9.12. The lowest BCUT2D eigenvalue weighted by Gasteiger charge is -2.08. The molecule has 2 aromatic carbocycles. The van der Waals surface area contributed by atoms with Crippen molar-refractivity contribution in [1.29, 1.82) is 0 Å². The Morgan fingerprint density at radius 2 is 1.89 bits per heavy atom. The molecule has 0 unspecified atom stereocenters. The van der Waals surface area contributed by atoms with E-state index < -0.39 is 0 Å². The van der Waals surface area contributed by atoms with Crippen molar-refractivity contribution in [2.45, 2.75) is 19.8 Å². The number of hydrogen-bond acceptors (Lipinski definition) is 1. The fourth-order valence-corrected chi connectivity index (χ4v) is 2.92. The van der Waals surface area contributed by atoms with Gasteiger partial charge in [-0.05, 0) is 53.2 Å². The Hall–Kier alpha value is -1.86. The van der Waals surface area contributed by atoms with Crippen molar-refractivity contribution in [3.8, 4) is 11.1 Å². The van der Waals surface area contributed by atoms with Crippen molar-refractivity contribution in [1.82, 2.24) is 0 Å². The molecule has 0 saturated heterocycles. The van der Waals surface area contributed by atoms with Crippen LogP contribution in [0.1, 0.15) is 30.0 Å². The van der Waals surface area contributed by atoms with Gasteiger partial charge in [0.15, 0.2) is 0 Å². The Morgan fingerprint density at radius 1 is 1.11 bits per heavy atom. The Kier molecular flexibility index (Phi) is 3.22. The summed E-state index contributed by atoms with van der Waals surface area (Å²) in [5, 5.41) is 9.12. The zero-order valence-electron chi connectivity index (χ0n) is 11.2. The average molecular weight is 250 g/mol. The van der Waals surface area contributed by atoms with Gasteiger partial charge < -0.3 is 5.11 Å². The molecular weight excluding hydrogens is 232 g/mol. The van der Waals surface area contributed by atoms with E-state index in [1.54, 1.807) is 0 Å². The lowest BCUT2D eigenvalue weighted by Crippen LogP contribution is -1.91. The summed E-state index contributed by atoms with van der Waals surface area (Å²) < 4.78 is 0. The molecule has 1 aliphatic rings. The fourth-order valence-electron chi connectivity index (χ4n) is 2.92. The van der Waals surface area contributed by atoms with Crippen LogP contribution in [0, 0.1) is 0 Å². The van der Waals surface area contributed by atoms with Crippen LogP contribution in [0.5, 0.6) is 0 Å². The minimum absolute atomic E-state index is 0.205. The molecule has 0 spiro atoms. The quantitative estimate of drug-likeness (QED) is 0.743. The van der Waals surface area contributed by atoms with Gasteiger partial charge in [0.1, 0.15) is 0 Å². The van der Waals surface area contributed by atoms with Crippen molar-refractivity contribution >= 4 is 5.57 Å². The van der Waals surface area contributed by atoms with Crippen molar-refractivity contribution in [3.05, 3.63) is 65.2 Å². The SMILES string of the molecule is C/C=C(\CCO)c1ccc2c(c1)Cc1ccccc1-2. The first-order valence-corrected chi connectivity index (χ1v) is 6.81. The highest BCUT2D eigenvalue weighted by atomic mass is 16.2. The Morgan fingerprint density at radius 3 is 2.68 bits per heavy atom. The van der Waals surface area contributed by atoms with E-state index in [9.17, 15) is 0 Å². The molecule has 0 fully saturated rings. The summed E-state index contributed by atoms with van der Waals surface area (Å²) in [5.74, 6) is 0. The lowest BCUT2D eigenvalue weighted by atomic mass is 9.97. The lowest BCUT2D eigenvalue weighted by molar-refractivity contribution is 0.305. The van der Waals surface area contributed by atoms with Crippen LogP contribution >= 0.6 is 0 Å². The van der Waals surface area contributed by atoms with Gasteiger partial charge in [-0.25, -0.2) is 0 Å². The number of benzene rings is 2. The molecule has 0 atom stereocenters. The molecule has 0 bridgehead atoms. The van der Waals surface area contributed by atoms with Gasteiger partial charge in [0.25, 0.3) is 0 Å². The van der Waals surface area contributed by atoms with Crippen molar-refractivity contribution in [3.63, 3.8) is 0 Å². The maximum Gasteiger partial charge on any atom is 0.0471 e. The largest absolute Gasteiger partial charge is 0.396 e. The van der Waals surface area contributed by atoms with Gasteiger partial charge in [-0.3, -0.25) is 0 Å². The molecule has 1 N–H and O–H groups in total. The van der Waals surface area contributed by atoms with Crippen molar-refractivity contribution < 1.29 is 5.11 Å². The van der Waals surface area contributed by atoms with Crippen molar-refractivity contribution in [2.75, 3.05) is 6.61 Å². The van der Waals surface area contributed by atoms with E-state index in [-0.39, 0.29) is 6.61 Å². The minimum atomic E-state index is 0.205. The molecule has 2 aromatic rings. The van der Waals surface area contributed by atoms with E-state index >= 15 is 0 Å². The summed E-state index contributed by atoms with van der Waals surface area (Å²) in [6, 6.07) is 15.3. The first kappa shape index (κ1) is 12.2. The highest BCUT2D eigenvalue weighted by Crippen LogP contribution is 2.37. The number of rotatable bonds is 3. The van der Waals surface area contributed by atoms with E-state index in [0.29, 0.717) is 0 Å². The highest BCUT2D eigenvalue weighted by molar-refractivity contribution is 5.79. The second-order valence-corrected chi connectivity index (χ2v) is 4.99. The number of aliphatic hydroxyl groups excluding tert-OH is 1. The summed E-state index contributed by atoms with van der Waals surface area (Å²) in [6.45, 7) is 2.24. The Bertz CT molecular complexity index is 638. The van der Waals surface area contributed by atoms with Crippen LogP contribution in [0.2, 0.25) is 0 Å². The second-order valence-electron chi connectivity index (χ2n) is 4.99. The Balaban J connectivity index is 2.02. The molecule has 0 amide bonds. The van der Waals surface area contributed by atoms with Gasteiger partial charge in [-0.2, -0.15) is 0 Å². The van der Waals surface area contributed by atoms with Crippen LogP contribution in [0.3, 0.4) is 0 Å². The van der Waals surface area contributed by atoms with Gasteiger partial charge in [-0.1, -0.05) is 48.5 Å². The van der Waals surface area contributed by atoms with E-state index in [1.165, 1.54) is 33.4 Å². The van der Waals surface area contributed by atoms with E-state index in [4.69, 9.17) is 5.11 Å². The minimum Gasteiger partial charge on any atom is -0.396 e. The maximum atomic E-state index is 9.12. The molecule has 0 saturated carbocycles. The van der Waals surface area contributed by atoms with Crippen LogP contribution in [0.15, 0.2) is 48.5 Å². The highest BCUT2D eigenvalue weighted by Gasteiger charge is 2.18. The molecule has 3 rings (SSSR count). The number of fused-ring (bicyclic) bond motifs is 3. The molecule has 0 radical (unpaired) electrons. The molecule has 19 heavy (non-hydrogen) atoms.